The maximum absolute atomic E-state index is 7.30. The first kappa shape index (κ1) is 21.2. The highest BCUT2D eigenvalue weighted by Crippen LogP contribution is 2.38. The van der Waals surface area contributed by atoms with Gasteiger partial charge in [-0.15, -0.1) is 0 Å². The number of nitrogens with zero attached hydrogens (tertiary/aromatic N) is 3. The third-order valence-electron chi connectivity index (χ3n) is 6.68. The van der Waals surface area contributed by atoms with Gasteiger partial charge in [0.1, 0.15) is 0 Å². The Morgan fingerprint density at radius 2 is 1.76 bits per heavy atom. The van der Waals surface area contributed by atoms with E-state index in [2.05, 4.69) is 57.8 Å². The summed E-state index contributed by atoms with van der Waals surface area (Å²) >= 11 is 0. The number of allylic oxidation sites excluding steroid dienone is 1. The highest BCUT2D eigenvalue weighted by atomic mass is 15.0. The Bertz CT molecular complexity index is 1330. The number of benzene rings is 2. The zero-order chi connectivity index (χ0) is 22.8. The largest absolute Gasteiger partial charge is 0.346 e. The zero-order valence-corrected chi connectivity index (χ0v) is 19.0. The topological polar surface area (TPSA) is 34.2 Å². The lowest BCUT2D eigenvalue weighted by atomic mass is 9.95. The third-order valence-corrected chi connectivity index (χ3v) is 6.68. The molecule has 4 nitrogen and oxygen atoms in total. The number of nitrogens with one attached hydrogen (secondary N) is 1. The van der Waals surface area contributed by atoms with Crippen LogP contribution in [0.15, 0.2) is 73.6 Å². The van der Waals surface area contributed by atoms with Crippen LogP contribution in [-0.2, 0) is 6.54 Å². The predicted octanol–water partition coefficient (Wildman–Crippen LogP) is 6.95. The van der Waals surface area contributed by atoms with Gasteiger partial charge in [0.05, 0.1) is 24.0 Å². The molecule has 1 saturated heterocycles. The number of hydrogen-bond acceptors (Lipinski definition) is 2. The zero-order valence-electron chi connectivity index (χ0n) is 19.0. The SMILES string of the molecule is [C-]#[N+]c1ccc(-c2c(-c3ccc(C(=C)C)cc3)ncc3c2ccn3CC2CCNCC2)cc1. The van der Waals surface area contributed by atoms with Gasteiger partial charge < -0.3 is 9.88 Å². The van der Waals surface area contributed by atoms with Crippen LogP contribution in [0.5, 0.6) is 0 Å². The van der Waals surface area contributed by atoms with Crippen LogP contribution in [0.1, 0.15) is 25.3 Å². The van der Waals surface area contributed by atoms with Gasteiger partial charge in [-0.25, -0.2) is 4.85 Å². The van der Waals surface area contributed by atoms with E-state index in [-0.39, 0.29) is 0 Å². The van der Waals surface area contributed by atoms with Crippen LogP contribution < -0.4 is 5.32 Å². The second-order valence-corrected chi connectivity index (χ2v) is 8.96. The van der Waals surface area contributed by atoms with Crippen LogP contribution in [0, 0.1) is 12.5 Å². The van der Waals surface area contributed by atoms with E-state index in [9.17, 15) is 0 Å². The van der Waals surface area contributed by atoms with Gasteiger partial charge in [0.2, 0.25) is 0 Å². The smallest absolute Gasteiger partial charge is 0.187 e. The summed E-state index contributed by atoms with van der Waals surface area (Å²) in [6, 6.07) is 18.6. The van der Waals surface area contributed by atoms with Crippen LogP contribution in [0.3, 0.4) is 0 Å². The molecule has 0 atom stereocenters. The summed E-state index contributed by atoms with van der Waals surface area (Å²) in [5.41, 5.74) is 8.25. The molecule has 1 fully saturated rings. The van der Waals surface area contributed by atoms with Crippen molar-refractivity contribution in [1.82, 2.24) is 14.9 Å². The molecule has 3 heterocycles. The molecule has 0 saturated carbocycles. The molecule has 5 rings (SSSR count). The summed E-state index contributed by atoms with van der Waals surface area (Å²) in [6.07, 6.45) is 6.66. The monoisotopic (exact) mass is 432 g/mol. The van der Waals surface area contributed by atoms with Crippen molar-refractivity contribution in [2.45, 2.75) is 26.3 Å². The van der Waals surface area contributed by atoms with Crippen molar-refractivity contribution in [2.24, 2.45) is 5.92 Å². The molecular formula is C29H28N4. The Labute approximate surface area is 195 Å². The van der Waals surface area contributed by atoms with Crippen molar-refractivity contribution >= 4 is 22.2 Å². The molecule has 0 aliphatic carbocycles. The predicted molar refractivity (Wildman–Crippen MR) is 137 cm³/mol. The van der Waals surface area contributed by atoms with Crippen molar-refractivity contribution in [3.05, 3.63) is 90.6 Å². The Morgan fingerprint density at radius 1 is 1.06 bits per heavy atom. The van der Waals surface area contributed by atoms with E-state index < -0.39 is 0 Å². The molecule has 2 aromatic carbocycles. The number of rotatable bonds is 5. The molecule has 0 radical (unpaired) electrons. The molecule has 0 unspecified atom stereocenters. The third kappa shape index (κ3) is 4.20. The number of aromatic nitrogens is 2. The van der Waals surface area contributed by atoms with E-state index in [1.807, 2.05) is 37.4 Å². The van der Waals surface area contributed by atoms with E-state index in [4.69, 9.17) is 11.6 Å². The fraction of sp³-hybridized carbons (Fsp3) is 0.241. The minimum atomic E-state index is 0.648. The first-order valence-electron chi connectivity index (χ1n) is 11.6. The number of piperidine rings is 1. The summed E-state index contributed by atoms with van der Waals surface area (Å²) < 4.78 is 2.36. The average molecular weight is 433 g/mol. The first-order chi connectivity index (χ1) is 16.1. The minimum absolute atomic E-state index is 0.648. The molecule has 0 spiro atoms. The second kappa shape index (κ2) is 9.05. The summed E-state index contributed by atoms with van der Waals surface area (Å²) in [6.45, 7) is 16.6. The lowest BCUT2D eigenvalue weighted by Crippen LogP contribution is -2.29. The van der Waals surface area contributed by atoms with Gasteiger partial charge in [-0.05, 0) is 56.0 Å². The van der Waals surface area contributed by atoms with E-state index in [1.54, 1.807) is 0 Å². The maximum Gasteiger partial charge on any atom is 0.187 e. The van der Waals surface area contributed by atoms with Gasteiger partial charge in [0.15, 0.2) is 5.69 Å². The van der Waals surface area contributed by atoms with Crippen molar-refractivity contribution < 1.29 is 0 Å². The van der Waals surface area contributed by atoms with Crippen molar-refractivity contribution in [1.29, 1.82) is 0 Å². The summed E-state index contributed by atoms with van der Waals surface area (Å²) in [5.74, 6) is 0.692. The summed E-state index contributed by atoms with van der Waals surface area (Å²) in [7, 11) is 0. The molecule has 33 heavy (non-hydrogen) atoms. The molecule has 1 N–H and O–H groups in total. The van der Waals surface area contributed by atoms with Gasteiger partial charge in [-0.1, -0.05) is 60.7 Å². The number of hydrogen-bond donors (Lipinski definition) is 1. The quantitative estimate of drug-likeness (QED) is 0.346. The highest BCUT2D eigenvalue weighted by molar-refractivity contribution is 6.01. The van der Waals surface area contributed by atoms with Crippen LogP contribution in [0.2, 0.25) is 0 Å². The molecule has 0 bridgehead atoms. The molecule has 4 heteroatoms. The van der Waals surface area contributed by atoms with E-state index >= 15 is 0 Å². The lowest BCUT2D eigenvalue weighted by Gasteiger charge is -2.23. The first-order valence-corrected chi connectivity index (χ1v) is 11.6. The van der Waals surface area contributed by atoms with Gasteiger partial charge in [0.25, 0.3) is 0 Å². The van der Waals surface area contributed by atoms with Crippen molar-refractivity contribution in [3.8, 4) is 22.4 Å². The summed E-state index contributed by atoms with van der Waals surface area (Å²) in [4.78, 5) is 8.54. The molecule has 1 aliphatic rings. The molecular weight excluding hydrogens is 404 g/mol. The van der Waals surface area contributed by atoms with Gasteiger partial charge >= 0.3 is 0 Å². The van der Waals surface area contributed by atoms with Gasteiger partial charge in [-0.2, -0.15) is 0 Å². The fourth-order valence-electron chi connectivity index (χ4n) is 4.79. The van der Waals surface area contributed by atoms with E-state index in [0.29, 0.717) is 11.6 Å². The normalized spacial score (nSPS) is 14.3. The Balaban J connectivity index is 1.64. The van der Waals surface area contributed by atoms with E-state index in [1.165, 1.54) is 23.7 Å². The van der Waals surface area contributed by atoms with E-state index in [0.717, 1.165) is 53.2 Å². The molecule has 1 aliphatic heterocycles. The molecule has 4 aromatic rings. The van der Waals surface area contributed by atoms with Crippen molar-refractivity contribution in [2.75, 3.05) is 13.1 Å². The fourth-order valence-corrected chi connectivity index (χ4v) is 4.79. The minimum Gasteiger partial charge on any atom is -0.346 e. The number of fused-ring (bicyclic) bond motifs is 1. The van der Waals surface area contributed by atoms with Crippen LogP contribution in [-0.4, -0.2) is 22.6 Å². The Morgan fingerprint density at radius 3 is 2.42 bits per heavy atom. The highest BCUT2D eigenvalue weighted by Gasteiger charge is 2.18. The molecule has 0 amide bonds. The Hall–Kier alpha value is -3.68. The average Bonchev–Trinajstić information content (AvgIpc) is 3.27. The molecule has 164 valence electrons. The van der Waals surface area contributed by atoms with Crippen molar-refractivity contribution in [3.63, 3.8) is 0 Å². The molecule has 2 aromatic heterocycles. The number of pyridine rings is 1. The second-order valence-electron chi connectivity index (χ2n) is 8.96. The lowest BCUT2D eigenvalue weighted by molar-refractivity contribution is 0.337. The standard InChI is InChI=1S/C29H28N4/c1-20(2)22-4-6-24(7-5-22)29-28(23-8-10-25(30-3)11-9-23)26-14-17-33(27(26)18-32-29)19-21-12-15-31-16-13-21/h4-11,14,17-18,21,31H,1,12-13,15-16,19H2,2H3. The summed E-state index contributed by atoms with van der Waals surface area (Å²) in [5, 5.41) is 4.66. The maximum atomic E-state index is 7.30. The Kier molecular flexibility index (Phi) is 5.81. The van der Waals surface area contributed by atoms with Gasteiger partial charge in [-0.3, -0.25) is 4.98 Å². The van der Waals surface area contributed by atoms with Gasteiger partial charge in [0, 0.05) is 29.3 Å². The van der Waals surface area contributed by atoms with Crippen LogP contribution >= 0.6 is 0 Å². The van der Waals surface area contributed by atoms with Crippen LogP contribution in [0.4, 0.5) is 5.69 Å². The van der Waals surface area contributed by atoms with Crippen LogP contribution in [0.25, 0.3) is 43.7 Å².